The van der Waals surface area contributed by atoms with Crippen LogP contribution in [0, 0.1) is 5.41 Å². The quantitative estimate of drug-likeness (QED) is 0.849. The summed E-state index contributed by atoms with van der Waals surface area (Å²) in [6, 6.07) is 0. The number of hydrogen-bond acceptors (Lipinski definition) is 3. The van der Waals surface area contributed by atoms with E-state index in [2.05, 4.69) is 23.8 Å². The highest BCUT2D eigenvalue weighted by molar-refractivity contribution is 5.10. The van der Waals surface area contributed by atoms with Gasteiger partial charge in [-0.25, -0.2) is 4.98 Å². The normalized spacial score (nSPS) is 22.6. The molecule has 0 amide bonds. The molecule has 0 aliphatic heterocycles. The average molecular weight is 238 g/mol. The minimum Gasteiger partial charge on any atom is -0.390 e. The van der Waals surface area contributed by atoms with Crippen LogP contribution in [0.5, 0.6) is 0 Å². The van der Waals surface area contributed by atoms with Crippen LogP contribution in [0.2, 0.25) is 0 Å². The molecule has 0 saturated heterocycles. The molecule has 96 valence electrons. The second-order valence-corrected chi connectivity index (χ2v) is 5.78. The first-order valence-electron chi connectivity index (χ1n) is 6.22. The Morgan fingerprint density at radius 3 is 2.47 bits per heavy atom. The minimum atomic E-state index is -0.289. The summed E-state index contributed by atoms with van der Waals surface area (Å²) < 4.78 is 5.74. The summed E-state index contributed by atoms with van der Waals surface area (Å²) in [5, 5.41) is 9.08. The number of nitrogens with one attached hydrogen (secondary N) is 1. The van der Waals surface area contributed by atoms with Crippen molar-refractivity contribution in [2.24, 2.45) is 5.41 Å². The summed E-state index contributed by atoms with van der Waals surface area (Å²) in [5.41, 5.74) is 0.860. The second kappa shape index (κ2) is 4.42. The van der Waals surface area contributed by atoms with Gasteiger partial charge in [0.2, 0.25) is 0 Å². The van der Waals surface area contributed by atoms with E-state index in [4.69, 9.17) is 9.84 Å². The molecule has 1 heterocycles. The molecule has 0 radical (unpaired) electrons. The summed E-state index contributed by atoms with van der Waals surface area (Å²) in [7, 11) is 1.75. The van der Waals surface area contributed by atoms with Gasteiger partial charge in [0.1, 0.15) is 11.4 Å². The van der Waals surface area contributed by atoms with Crippen LogP contribution < -0.4 is 0 Å². The third kappa shape index (κ3) is 2.38. The van der Waals surface area contributed by atoms with Gasteiger partial charge < -0.3 is 14.8 Å². The Morgan fingerprint density at radius 2 is 2.00 bits per heavy atom. The first-order valence-corrected chi connectivity index (χ1v) is 6.22. The van der Waals surface area contributed by atoms with Crippen LogP contribution in [-0.2, 0) is 16.9 Å². The lowest BCUT2D eigenvalue weighted by Crippen LogP contribution is -2.37. The van der Waals surface area contributed by atoms with E-state index in [1.807, 2.05) is 0 Å². The fourth-order valence-electron chi connectivity index (χ4n) is 2.54. The lowest BCUT2D eigenvalue weighted by molar-refractivity contribution is -0.0725. The van der Waals surface area contributed by atoms with Gasteiger partial charge in [0.05, 0.1) is 18.5 Å². The van der Waals surface area contributed by atoms with E-state index in [0.29, 0.717) is 5.41 Å². The van der Waals surface area contributed by atoms with Gasteiger partial charge in [0.25, 0.3) is 0 Å². The molecule has 0 aromatic carbocycles. The molecule has 0 atom stereocenters. The fraction of sp³-hybridized carbons (Fsp3) is 0.769. The SMILES string of the molecule is COC1(c2ncc(CO)[nH]2)CCC(C)(C)CC1. The van der Waals surface area contributed by atoms with Gasteiger partial charge in [-0.15, -0.1) is 0 Å². The van der Waals surface area contributed by atoms with Crippen molar-refractivity contribution in [3.05, 3.63) is 17.7 Å². The molecule has 0 bridgehead atoms. The number of hydrogen-bond donors (Lipinski definition) is 2. The van der Waals surface area contributed by atoms with Crippen LogP contribution in [0.25, 0.3) is 0 Å². The standard InChI is InChI=1S/C13H22N2O2/c1-12(2)4-6-13(17-3,7-5-12)11-14-8-10(9-16)15-11/h8,16H,4-7,9H2,1-3H3,(H,14,15). The molecular weight excluding hydrogens is 216 g/mol. The van der Waals surface area contributed by atoms with Crippen LogP contribution in [0.4, 0.5) is 0 Å². The third-order valence-corrected chi connectivity index (χ3v) is 4.03. The number of aromatic nitrogens is 2. The van der Waals surface area contributed by atoms with Gasteiger partial charge in [-0.2, -0.15) is 0 Å². The van der Waals surface area contributed by atoms with Crippen molar-refractivity contribution < 1.29 is 9.84 Å². The van der Waals surface area contributed by atoms with E-state index in [-0.39, 0.29) is 12.2 Å². The summed E-state index contributed by atoms with van der Waals surface area (Å²) >= 11 is 0. The number of aliphatic hydroxyl groups is 1. The zero-order valence-corrected chi connectivity index (χ0v) is 10.9. The van der Waals surface area contributed by atoms with Crippen LogP contribution >= 0.6 is 0 Å². The van der Waals surface area contributed by atoms with Gasteiger partial charge >= 0.3 is 0 Å². The zero-order chi connectivity index (χ0) is 12.5. The molecule has 1 aliphatic rings. The molecule has 0 unspecified atom stereocenters. The highest BCUT2D eigenvalue weighted by Gasteiger charge is 2.41. The maximum Gasteiger partial charge on any atom is 0.138 e. The number of aromatic amines is 1. The van der Waals surface area contributed by atoms with Gasteiger partial charge in [-0.3, -0.25) is 0 Å². The molecule has 1 fully saturated rings. The lowest BCUT2D eigenvalue weighted by Gasteiger charge is -2.41. The van der Waals surface area contributed by atoms with E-state index in [0.717, 1.165) is 37.2 Å². The Labute approximate surface area is 102 Å². The van der Waals surface area contributed by atoms with Crippen molar-refractivity contribution in [2.75, 3.05) is 7.11 Å². The minimum absolute atomic E-state index is 0.00170. The highest BCUT2D eigenvalue weighted by atomic mass is 16.5. The molecule has 17 heavy (non-hydrogen) atoms. The molecule has 4 heteroatoms. The Bertz CT molecular complexity index is 375. The third-order valence-electron chi connectivity index (χ3n) is 4.03. The molecule has 0 spiro atoms. The molecule has 1 aromatic heterocycles. The van der Waals surface area contributed by atoms with Gasteiger partial charge in [-0.1, -0.05) is 13.8 Å². The van der Waals surface area contributed by atoms with Crippen molar-refractivity contribution in [2.45, 2.75) is 51.7 Å². The number of nitrogens with zero attached hydrogens (tertiary/aromatic N) is 1. The summed E-state index contributed by atoms with van der Waals surface area (Å²) in [6.07, 6.45) is 5.92. The smallest absolute Gasteiger partial charge is 0.138 e. The van der Waals surface area contributed by atoms with E-state index in [1.165, 1.54) is 0 Å². The average Bonchev–Trinajstić information content (AvgIpc) is 2.79. The van der Waals surface area contributed by atoms with Gasteiger partial charge in [0, 0.05) is 7.11 Å². The Hall–Kier alpha value is -0.870. The largest absolute Gasteiger partial charge is 0.390 e. The Morgan fingerprint density at radius 1 is 1.35 bits per heavy atom. The van der Waals surface area contributed by atoms with E-state index >= 15 is 0 Å². The molecule has 1 aromatic rings. The number of imidazole rings is 1. The number of methoxy groups -OCH3 is 1. The van der Waals surface area contributed by atoms with Crippen LogP contribution in [0.15, 0.2) is 6.20 Å². The van der Waals surface area contributed by atoms with Crippen molar-refractivity contribution in [3.8, 4) is 0 Å². The molecule has 4 nitrogen and oxygen atoms in total. The molecule has 2 rings (SSSR count). The van der Waals surface area contributed by atoms with Gasteiger partial charge in [0.15, 0.2) is 0 Å². The fourth-order valence-corrected chi connectivity index (χ4v) is 2.54. The van der Waals surface area contributed by atoms with E-state index in [9.17, 15) is 0 Å². The maximum absolute atomic E-state index is 9.08. The first kappa shape index (κ1) is 12.6. The molecule has 2 N–H and O–H groups in total. The molecular formula is C13H22N2O2. The van der Waals surface area contributed by atoms with Crippen molar-refractivity contribution in [1.82, 2.24) is 9.97 Å². The molecule has 1 aliphatic carbocycles. The summed E-state index contributed by atoms with van der Waals surface area (Å²) in [5.74, 6) is 0.861. The van der Waals surface area contributed by atoms with E-state index < -0.39 is 0 Å². The monoisotopic (exact) mass is 238 g/mol. The van der Waals surface area contributed by atoms with Crippen molar-refractivity contribution in [3.63, 3.8) is 0 Å². The van der Waals surface area contributed by atoms with Crippen molar-refractivity contribution >= 4 is 0 Å². The number of H-pyrrole nitrogens is 1. The van der Waals surface area contributed by atoms with Crippen molar-refractivity contribution in [1.29, 1.82) is 0 Å². The Balaban J connectivity index is 2.21. The van der Waals surface area contributed by atoms with Crippen LogP contribution in [0.3, 0.4) is 0 Å². The second-order valence-electron chi connectivity index (χ2n) is 5.78. The summed E-state index contributed by atoms with van der Waals surface area (Å²) in [4.78, 5) is 7.53. The predicted molar refractivity (Wildman–Crippen MR) is 65.4 cm³/mol. The van der Waals surface area contributed by atoms with Crippen LogP contribution in [-0.4, -0.2) is 22.2 Å². The predicted octanol–water partition coefficient (Wildman–Crippen LogP) is 2.34. The lowest BCUT2D eigenvalue weighted by atomic mass is 9.70. The first-order chi connectivity index (χ1) is 8.01. The highest BCUT2D eigenvalue weighted by Crippen LogP contribution is 2.46. The van der Waals surface area contributed by atoms with E-state index in [1.54, 1.807) is 13.3 Å². The topological polar surface area (TPSA) is 58.1 Å². The number of aliphatic hydroxyl groups excluding tert-OH is 1. The number of rotatable bonds is 3. The Kier molecular flexibility index (Phi) is 3.27. The zero-order valence-electron chi connectivity index (χ0n) is 10.9. The maximum atomic E-state index is 9.08. The summed E-state index contributed by atoms with van der Waals surface area (Å²) in [6.45, 7) is 4.60. The van der Waals surface area contributed by atoms with Crippen LogP contribution in [0.1, 0.15) is 51.0 Å². The van der Waals surface area contributed by atoms with Gasteiger partial charge in [-0.05, 0) is 31.1 Å². The molecule has 1 saturated carbocycles. The number of ether oxygens (including phenoxy) is 1.